The molecule has 27 heavy (non-hydrogen) atoms. The summed E-state index contributed by atoms with van der Waals surface area (Å²) in [6.45, 7) is 3.36. The quantitative estimate of drug-likeness (QED) is 0.710. The lowest BCUT2D eigenvalue weighted by Crippen LogP contribution is -2.47. The minimum atomic E-state index is 0.671. The topological polar surface area (TPSA) is 72.2 Å². The number of nitrogens with zero attached hydrogens (tertiary/aromatic N) is 7. The van der Waals surface area contributed by atoms with Gasteiger partial charge in [0.25, 0.3) is 0 Å². The summed E-state index contributed by atoms with van der Waals surface area (Å²) in [6, 6.07) is 14.0. The molecule has 7 nitrogen and oxygen atoms in total. The first-order valence-electron chi connectivity index (χ1n) is 8.95. The third kappa shape index (κ3) is 3.34. The van der Waals surface area contributed by atoms with Crippen LogP contribution in [0.5, 0.6) is 0 Å². The van der Waals surface area contributed by atoms with Gasteiger partial charge >= 0.3 is 0 Å². The lowest BCUT2D eigenvalue weighted by Gasteiger charge is -2.36. The Bertz CT molecular complexity index is 1000. The number of fused-ring (bicyclic) bond motifs is 1. The Hall–Kier alpha value is -3.40. The highest BCUT2D eigenvalue weighted by atomic mass is 15.3. The largest absolute Gasteiger partial charge is 0.363 e. The summed E-state index contributed by atoms with van der Waals surface area (Å²) < 4.78 is 0. The molecule has 0 saturated carbocycles. The Morgan fingerprint density at radius 3 is 2.37 bits per heavy atom. The van der Waals surface area contributed by atoms with Crippen LogP contribution in [-0.4, -0.2) is 55.2 Å². The summed E-state index contributed by atoms with van der Waals surface area (Å²) >= 11 is 0. The molecule has 0 radical (unpaired) electrons. The van der Waals surface area contributed by atoms with Gasteiger partial charge in [0.1, 0.15) is 23.8 Å². The van der Waals surface area contributed by atoms with E-state index >= 15 is 0 Å². The van der Waals surface area contributed by atoms with E-state index in [1.807, 2.05) is 55.4 Å². The molecule has 1 aliphatic heterocycles. The average Bonchev–Trinajstić information content (AvgIpc) is 2.73. The molecule has 0 amide bonds. The number of nitriles is 1. The molecule has 0 aliphatic carbocycles. The van der Waals surface area contributed by atoms with Gasteiger partial charge in [-0.1, -0.05) is 18.2 Å². The van der Waals surface area contributed by atoms with E-state index in [1.54, 1.807) is 6.33 Å². The monoisotopic (exact) mass is 359 g/mol. The van der Waals surface area contributed by atoms with Crippen molar-refractivity contribution in [3.8, 4) is 6.07 Å². The van der Waals surface area contributed by atoms with Crippen LogP contribution in [0.25, 0.3) is 10.9 Å². The van der Waals surface area contributed by atoms with Gasteiger partial charge in [0.15, 0.2) is 0 Å². The molecule has 1 aromatic carbocycles. The molecule has 1 aliphatic rings. The molecular weight excluding hydrogens is 338 g/mol. The summed E-state index contributed by atoms with van der Waals surface area (Å²) in [5, 5.41) is 10.4. The highest BCUT2D eigenvalue weighted by molar-refractivity contribution is 5.86. The fourth-order valence-electron chi connectivity index (χ4n) is 3.34. The third-order valence-electron chi connectivity index (χ3n) is 4.85. The zero-order valence-electron chi connectivity index (χ0n) is 15.5. The molecular formula is C20H21N7. The van der Waals surface area contributed by atoms with Crippen molar-refractivity contribution < 1.29 is 0 Å². The second kappa shape index (κ2) is 7.08. The number of anilines is 3. The number of aromatic nitrogens is 3. The van der Waals surface area contributed by atoms with Gasteiger partial charge in [-0.3, -0.25) is 0 Å². The van der Waals surface area contributed by atoms with Crippen molar-refractivity contribution in [1.29, 1.82) is 5.26 Å². The zero-order chi connectivity index (χ0) is 18.8. The molecule has 2 aromatic heterocycles. The number of rotatable bonds is 3. The Balaban J connectivity index is 1.54. The van der Waals surface area contributed by atoms with Crippen LogP contribution in [0.1, 0.15) is 5.56 Å². The number of hydrogen-bond acceptors (Lipinski definition) is 7. The molecule has 0 bridgehead atoms. The van der Waals surface area contributed by atoms with Crippen molar-refractivity contribution in [3.63, 3.8) is 0 Å². The highest BCUT2D eigenvalue weighted by Crippen LogP contribution is 2.24. The molecule has 0 unspecified atom stereocenters. The predicted molar refractivity (Wildman–Crippen MR) is 107 cm³/mol. The van der Waals surface area contributed by atoms with Crippen LogP contribution in [0.3, 0.4) is 0 Å². The fourth-order valence-corrected chi connectivity index (χ4v) is 3.34. The van der Waals surface area contributed by atoms with Gasteiger partial charge in [0.05, 0.1) is 17.1 Å². The molecule has 1 saturated heterocycles. The molecule has 3 heterocycles. The minimum Gasteiger partial charge on any atom is -0.363 e. The fraction of sp³-hybridized carbons (Fsp3) is 0.300. The first kappa shape index (κ1) is 17.0. The van der Waals surface area contributed by atoms with Crippen molar-refractivity contribution in [3.05, 3.63) is 48.3 Å². The van der Waals surface area contributed by atoms with Crippen molar-refractivity contribution in [1.82, 2.24) is 15.0 Å². The molecule has 4 rings (SSSR count). The highest BCUT2D eigenvalue weighted by Gasteiger charge is 2.20. The summed E-state index contributed by atoms with van der Waals surface area (Å²) in [6.07, 6.45) is 1.61. The Labute approximate surface area is 158 Å². The normalized spacial score (nSPS) is 14.3. The first-order chi connectivity index (χ1) is 13.2. The van der Waals surface area contributed by atoms with Crippen LogP contribution >= 0.6 is 0 Å². The van der Waals surface area contributed by atoms with E-state index in [0.717, 1.165) is 54.5 Å². The van der Waals surface area contributed by atoms with Gasteiger partial charge in [0.2, 0.25) is 0 Å². The lowest BCUT2D eigenvalue weighted by molar-refractivity contribution is 0.641. The van der Waals surface area contributed by atoms with E-state index < -0.39 is 0 Å². The van der Waals surface area contributed by atoms with Crippen molar-refractivity contribution in [2.75, 3.05) is 55.0 Å². The van der Waals surface area contributed by atoms with E-state index in [2.05, 4.69) is 25.8 Å². The van der Waals surface area contributed by atoms with Crippen LogP contribution in [0.15, 0.2) is 42.7 Å². The summed E-state index contributed by atoms with van der Waals surface area (Å²) in [5.74, 6) is 2.70. The van der Waals surface area contributed by atoms with E-state index in [9.17, 15) is 5.26 Å². The maximum atomic E-state index is 9.50. The standard InChI is InChI=1S/C20H21N7/c1-25(2)18-12-19(23-14-22-18)26-7-9-27(10-8-26)20-11-15(13-21)16-5-3-4-6-17(16)24-20/h3-6,11-12,14H,7-10H2,1-2H3. The van der Waals surface area contributed by atoms with Gasteiger partial charge in [-0.2, -0.15) is 5.26 Å². The summed E-state index contributed by atoms with van der Waals surface area (Å²) in [4.78, 5) is 19.9. The van der Waals surface area contributed by atoms with Gasteiger partial charge in [-0.25, -0.2) is 15.0 Å². The molecule has 3 aromatic rings. The second-order valence-electron chi connectivity index (χ2n) is 6.76. The Morgan fingerprint density at radius 2 is 1.67 bits per heavy atom. The second-order valence-corrected chi connectivity index (χ2v) is 6.76. The number of hydrogen-bond donors (Lipinski definition) is 0. The predicted octanol–water partition coefficient (Wildman–Crippen LogP) is 2.29. The van der Waals surface area contributed by atoms with E-state index in [-0.39, 0.29) is 0 Å². The van der Waals surface area contributed by atoms with Crippen LogP contribution in [0, 0.1) is 11.3 Å². The lowest BCUT2D eigenvalue weighted by atomic mass is 10.1. The SMILES string of the molecule is CN(C)c1cc(N2CCN(c3cc(C#N)c4ccccc4n3)CC2)ncn1. The van der Waals surface area contributed by atoms with Crippen molar-refractivity contribution in [2.24, 2.45) is 0 Å². The smallest absolute Gasteiger partial charge is 0.134 e. The van der Waals surface area contributed by atoms with Crippen LogP contribution in [0.4, 0.5) is 17.5 Å². The van der Waals surface area contributed by atoms with Crippen LogP contribution in [0.2, 0.25) is 0 Å². The van der Waals surface area contributed by atoms with Gasteiger partial charge in [0, 0.05) is 51.7 Å². The maximum Gasteiger partial charge on any atom is 0.134 e. The first-order valence-corrected chi connectivity index (χ1v) is 8.95. The van der Waals surface area contributed by atoms with Gasteiger partial charge in [-0.15, -0.1) is 0 Å². The van der Waals surface area contributed by atoms with E-state index in [0.29, 0.717) is 5.56 Å². The third-order valence-corrected chi connectivity index (χ3v) is 4.85. The van der Waals surface area contributed by atoms with Gasteiger partial charge < -0.3 is 14.7 Å². The van der Waals surface area contributed by atoms with Gasteiger partial charge in [-0.05, 0) is 12.1 Å². The van der Waals surface area contributed by atoms with E-state index in [4.69, 9.17) is 4.98 Å². The average molecular weight is 359 g/mol. The molecule has 0 N–H and O–H groups in total. The summed E-state index contributed by atoms with van der Waals surface area (Å²) in [5.41, 5.74) is 1.53. The number of pyridine rings is 1. The Kier molecular flexibility index (Phi) is 4.47. The van der Waals surface area contributed by atoms with Crippen LogP contribution < -0.4 is 14.7 Å². The molecule has 0 atom stereocenters. The Morgan fingerprint density at radius 1 is 0.963 bits per heavy atom. The molecule has 0 spiro atoms. The molecule has 136 valence electrons. The van der Waals surface area contributed by atoms with E-state index in [1.165, 1.54) is 0 Å². The molecule has 7 heteroatoms. The number of para-hydroxylation sites is 1. The van der Waals surface area contributed by atoms with Crippen LogP contribution in [-0.2, 0) is 0 Å². The number of piperazine rings is 1. The molecule has 1 fully saturated rings. The number of benzene rings is 1. The van der Waals surface area contributed by atoms with Crippen molar-refractivity contribution >= 4 is 28.4 Å². The maximum absolute atomic E-state index is 9.50. The summed E-state index contributed by atoms with van der Waals surface area (Å²) in [7, 11) is 3.95. The zero-order valence-corrected chi connectivity index (χ0v) is 15.5. The minimum absolute atomic E-state index is 0.671. The van der Waals surface area contributed by atoms with Crippen molar-refractivity contribution in [2.45, 2.75) is 0 Å².